The van der Waals surface area contributed by atoms with Gasteiger partial charge in [0.2, 0.25) is 6.79 Å². The van der Waals surface area contributed by atoms with E-state index in [0.29, 0.717) is 56.6 Å². The summed E-state index contributed by atoms with van der Waals surface area (Å²) in [6.45, 7) is 3.39. The van der Waals surface area contributed by atoms with Crippen LogP contribution in [-0.4, -0.2) is 31.2 Å². The summed E-state index contributed by atoms with van der Waals surface area (Å²) in [5.74, 6) is 0.924. The van der Waals surface area contributed by atoms with Crippen molar-refractivity contribution in [3.05, 3.63) is 71.4 Å². The SMILES string of the molecule is CCCC(=O)OCOc1c(-c2ccc(Oc3ccc(OC(F)(F)F)cc3)cc2)c(C)nc2cc(OC)c(Cl)cc12. The standard InChI is InChI=1S/C29H25ClF3NO6/c1-4-5-26(35)37-16-38-28-22-14-23(30)25(36-3)15-24(22)34-17(2)27(28)18-6-8-19(9-7-18)39-20-10-12-21(13-11-20)40-29(31,32)33/h6-15H,4-5,16H2,1-3H3. The maximum Gasteiger partial charge on any atom is 0.573 e. The van der Waals surface area contributed by atoms with E-state index in [-0.39, 0.29) is 24.9 Å². The zero-order valence-electron chi connectivity index (χ0n) is 21.8. The Morgan fingerprint density at radius 2 is 1.60 bits per heavy atom. The molecule has 0 amide bonds. The molecule has 1 heterocycles. The fourth-order valence-electron chi connectivity index (χ4n) is 3.96. The molecule has 4 aromatic rings. The second-order valence-corrected chi connectivity index (χ2v) is 8.99. The smallest absolute Gasteiger partial charge is 0.495 e. The van der Waals surface area contributed by atoms with E-state index < -0.39 is 6.36 Å². The predicted octanol–water partition coefficient (Wildman–Crippen LogP) is 8.24. The van der Waals surface area contributed by atoms with Crippen LogP contribution in [0.1, 0.15) is 25.5 Å². The van der Waals surface area contributed by atoms with Crippen molar-refractivity contribution >= 4 is 28.5 Å². The summed E-state index contributed by atoms with van der Waals surface area (Å²) >= 11 is 6.40. The number of pyridine rings is 1. The Morgan fingerprint density at radius 1 is 0.975 bits per heavy atom. The minimum atomic E-state index is -4.77. The second kappa shape index (κ2) is 12.3. The van der Waals surface area contributed by atoms with Gasteiger partial charge in [-0.3, -0.25) is 9.78 Å². The Balaban J connectivity index is 1.64. The van der Waals surface area contributed by atoms with Gasteiger partial charge in [-0.1, -0.05) is 30.7 Å². The molecule has 0 radical (unpaired) electrons. The first-order chi connectivity index (χ1) is 19.1. The first-order valence-corrected chi connectivity index (χ1v) is 12.6. The van der Waals surface area contributed by atoms with Gasteiger partial charge in [-0.05, 0) is 61.4 Å². The molecule has 0 aliphatic rings. The minimum absolute atomic E-state index is 0.273. The van der Waals surface area contributed by atoms with Crippen LogP contribution in [0.2, 0.25) is 5.02 Å². The number of nitrogens with zero attached hydrogens (tertiary/aromatic N) is 1. The summed E-state index contributed by atoms with van der Waals surface area (Å²) in [7, 11) is 1.51. The van der Waals surface area contributed by atoms with Crippen molar-refractivity contribution in [2.45, 2.75) is 33.1 Å². The fourth-order valence-corrected chi connectivity index (χ4v) is 4.21. The summed E-state index contributed by atoms with van der Waals surface area (Å²) < 4.78 is 63.4. The number of esters is 1. The molecule has 0 aliphatic carbocycles. The van der Waals surface area contributed by atoms with Gasteiger partial charge in [-0.15, -0.1) is 13.2 Å². The second-order valence-electron chi connectivity index (χ2n) is 8.58. The van der Waals surface area contributed by atoms with Crippen LogP contribution >= 0.6 is 11.6 Å². The van der Waals surface area contributed by atoms with Crippen molar-refractivity contribution in [1.29, 1.82) is 0 Å². The average molecular weight is 576 g/mol. The van der Waals surface area contributed by atoms with Crippen molar-refractivity contribution in [3.8, 4) is 39.9 Å². The van der Waals surface area contributed by atoms with E-state index in [4.69, 9.17) is 35.5 Å². The third-order valence-corrected chi connectivity index (χ3v) is 6.00. The number of methoxy groups -OCH3 is 1. The molecule has 0 fully saturated rings. The Hall–Kier alpha value is -4.18. The molecule has 0 unspecified atom stereocenters. The van der Waals surface area contributed by atoms with E-state index in [1.807, 2.05) is 13.8 Å². The average Bonchev–Trinajstić information content (AvgIpc) is 2.90. The molecule has 7 nitrogen and oxygen atoms in total. The topological polar surface area (TPSA) is 76.1 Å². The number of benzene rings is 3. The molecule has 40 heavy (non-hydrogen) atoms. The maximum absolute atomic E-state index is 12.4. The minimum Gasteiger partial charge on any atom is -0.495 e. The number of hydrogen-bond donors (Lipinski definition) is 0. The van der Waals surface area contributed by atoms with Crippen LogP contribution in [0.5, 0.6) is 28.7 Å². The highest BCUT2D eigenvalue weighted by molar-refractivity contribution is 6.33. The van der Waals surface area contributed by atoms with Crippen LogP contribution in [0.3, 0.4) is 0 Å². The molecule has 0 N–H and O–H groups in total. The van der Waals surface area contributed by atoms with E-state index >= 15 is 0 Å². The molecule has 4 rings (SSSR count). The number of carbonyl (C=O) groups is 1. The zero-order chi connectivity index (χ0) is 28.9. The van der Waals surface area contributed by atoms with Gasteiger partial charge >= 0.3 is 12.3 Å². The number of rotatable bonds is 10. The van der Waals surface area contributed by atoms with Crippen molar-refractivity contribution < 1.29 is 41.7 Å². The molecule has 210 valence electrons. The van der Waals surface area contributed by atoms with Gasteiger partial charge in [0, 0.05) is 29.1 Å². The van der Waals surface area contributed by atoms with E-state index in [2.05, 4.69) is 4.74 Å². The van der Waals surface area contributed by atoms with E-state index in [1.54, 1.807) is 36.4 Å². The fraction of sp³-hybridized carbons (Fsp3) is 0.241. The van der Waals surface area contributed by atoms with Crippen molar-refractivity contribution in [2.75, 3.05) is 13.9 Å². The van der Waals surface area contributed by atoms with E-state index in [0.717, 1.165) is 5.56 Å². The first-order valence-electron chi connectivity index (χ1n) is 12.2. The van der Waals surface area contributed by atoms with Crippen LogP contribution in [0.4, 0.5) is 13.2 Å². The zero-order valence-corrected chi connectivity index (χ0v) is 22.6. The molecule has 0 aliphatic heterocycles. The highest BCUT2D eigenvalue weighted by Crippen LogP contribution is 2.42. The van der Waals surface area contributed by atoms with Gasteiger partial charge in [0.05, 0.1) is 17.6 Å². The van der Waals surface area contributed by atoms with Crippen LogP contribution in [-0.2, 0) is 9.53 Å². The van der Waals surface area contributed by atoms with Gasteiger partial charge < -0.3 is 23.7 Å². The number of aromatic nitrogens is 1. The summed E-state index contributed by atoms with van der Waals surface area (Å²) in [6, 6.07) is 15.4. The normalized spacial score (nSPS) is 11.3. The first kappa shape index (κ1) is 28.8. The number of ether oxygens (including phenoxy) is 5. The largest absolute Gasteiger partial charge is 0.573 e. The molecule has 0 atom stereocenters. The number of carbonyl (C=O) groups excluding carboxylic acids is 1. The molecule has 11 heteroatoms. The third-order valence-electron chi connectivity index (χ3n) is 5.71. The van der Waals surface area contributed by atoms with Gasteiger partial charge in [0.15, 0.2) is 0 Å². The monoisotopic (exact) mass is 575 g/mol. The molecule has 3 aromatic carbocycles. The molecular formula is C29H25ClF3NO6. The van der Waals surface area contributed by atoms with Gasteiger partial charge in [0.25, 0.3) is 0 Å². The Kier molecular flexibility index (Phi) is 8.89. The van der Waals surface area contributed by atoms with E-state index in [1.165, 1.54) is 31.4 Å². The van der Waals surface area contributed by atoms with Gasteiger partial charge in [-0.2, -0.15) is 0 Å². The highest BCUT2D eigenvalue weighted by Gasteiger charge is 2.31. The number of halogens is 4. The Labute approximate surface area is 233 Å². The maximum atomic E-state index is 12.4. The molecular weight excluding hydrogens is 551 g/mol. The lowest BCUT2D eigenvalue weighted by atomic mass is 10.00. The molecule has 0 spiro atoms. The number of alkyl halides is 3. The number of hydrogen-bond acceptors (Lipinski definition) is 7. The number of aryl methyl sites for hydroxylation is 1. The number of fused-ring (bicyclic) bond motifs is 1. The van der Waals surface area contributed by atoms with Crippen molar-refractivity contribution in [3.63, 3.8) is 0 Å². The Morgan fingerprint density at radius 3 is 2.20 bits per heavy atom. The van der Waals surface area contributed by atoms with Crippen molar-refractivity contribution in [1.82, 2.24) is 4.98 Å². The Bertz CT molecular complexity index is 1490. The van der Waals surface area contributed by atoms with Crippen LogP contribution in [0, 0.1) is 6.92 Å². The van der Waals surface area contributed by atoms with Crippen LogP contribution in [0.15, 0.2) is 60.7 Å². The van der Waals surface area contributed by atoms with Gasteiger partial charge in [-0.25, -0.2) is 0 Å². The summed E-state index contributed by atoms with van der Waals surface area (Å²) in [5, 5.41) is 0.953. The lowest BCUT2D eigenvalue weighted by Crippen LogP contribution is -2.16. The molecule has 1 aromatic heterocycles. The van der Waals surface area contributed by atoms with Gasteiger partial charge in [0.1, 0.15) is 28.7 Å². The summed E-state index contributed by atoms with van der Waals surface area (Å²) in [6.07, 6.45) is -3.85. The predicted molar refractivity (Wildman–Crippen MR) is 143 cm³/mol. The molecule has 0 saturated carbocycles. The summed E-state index contributed by atoms with van der Waals surface area (Å²) in [4.78, 5) is 16.6. The lowest BCUT2D eigenvalue weighted by molar-refractivity contribution is -0.274. The third kappa shape index (κ3) is 7.06. The highest BCUT2D eigenvalue weighted by atomic mass is 35.5. The van der Waals surface area contributed by atoms with Crippen LogP contribution < -0.4 is 18.9 Å². The summed E-state index contributed by atoms with van der Waals surface area (Å²) in [5.41, 5.74) is 2.60. The molecule has 0 bridgehead atoms. The van der Waals surface area contributed by atoms with E-state index in [9.17, 15) is 18.0 Å². The van der Waals surface area contributed by atoms with Crippen LogP contribution in [0.25, 0.3) is 22.0 Å². The van der Waals surface area contributed by atoms with Crippen molar-refractivity contribution in [2.24, 2.45) is 0 Å². The quantitative estimate of drug-likeness (QED) is 0.139. The lowest BCUT2D eigenvalue weighted by Gasteiger charge is -2.18. The molecule has 0 saturated heterocycles.